The van der Waals surface area contributed by atoms with E-state index in [1.54, 1.807) is 12.4 Å². The molecule has 1 aliphatic heterocycles. The molecule has 4 nitrogen and oxygen atoms in total. The first-order valence-electron chi connectivity index (χ1n) is 10.0. The fourth-order valence-corrected chi connectivity index (χ4v) is 3.97. The van der Waals surface area contributed by atoms with Crippen molar-refractivity contribution in [3.05, 3.63) is 94.2 Å². The fraction of sp³-hybridized carbons (Fsp3) is 0. The van der Waals surface area contributed by atoms with Crippen molar-refractivity contribution in [1.82, 2.24) is 0 Å². The predicted octanol–water partition coefficient (Wildman–Crippen LogP) is 8.41. The second-order valence-corrected chi connectivity index (χ2v) is 9.13. The van der Waals surface area contributed by atoms with Crippen molar-refractivity contribution >= 4 is 88.6 Å². The number of aliphatic imine (C=N–C) groups is 2. The van der Waals surface area contributed by atoms with Crippen LogP contribution in [0.3, 0.4) is 0 Å². The van der Waals surface area contributed by atoms with Crippen LogP contribution in [0, 0.1) is 0 Å². The van der Waals surface area contributed by atoms with Crippen LogP contribution in [0.2, 0.25) is 0 Å². The second kappa shape index (κ2) is 9.10. The predicted molar refractivity (Wildman–Crippen MR) is 145 cm³/mol. The number of benzene rings is 4. The number of rotatable bonds is 0. The van der Waals surface area contributed by atoms with Crippen LogP contribution in [0.1, 0.15) is 0 Å². The van der Waals surface area contributed by atoms with E-state index < -0.39 is 0 Å². The summed E-state index contributed by atoms with van der Waals surface area (Å²) in [6, 6.07) is 24.8. The zero-order valence-electron chi connectivity index (χ0n) is 16.9. The van der Waals surface area contributed by atoms with Gasteiger partial charge in [-0.25, -0.2) is 0 Å². The molecule has 0 bridgehead atoms. The molecule has 5 rings (SSSR count). The molecule has 0 fully saturated rings. The third kappa shape index (κ3) is 4.52. The number of halogens is 2. The summed E-state index contributed by atoms with van der Waals surface area (Å²) >= 11 is 7.19. The third-order valence-corrected chi connectivity index (χ3v) is 5.98. The highest BCUT2D eigenvalue weighted by atomic mass is 79.9. The molecule has 0 spiro atoms. The van der Waals surface area contributed by atoms with Gasteiger partial charge in [0.15, 0.2) is 0 Å². The van der Waals surface area contributed by atoms with Gasteiger partial charge in [0.2, 0.25) is 0 Å². The molecule has 32 heavy (non-hydrogen) atoms. The number of nitrogens with one attached hydrogen (secondary N) is 2. The van der Waals surface area contributed by atoms with Gasteiger partial charge in [-0.15, -0.1) is 0 Å². The Morgan fingerprint density at radius 2 is 0.906 bits per heavy atom. The zero-order valence-corrected chi connectivity index (χ0v) is 20.1. The van der Waals surface area contributed by atoms with Crippen LogP contribution in [0.25, 0.3) is 21.5 Å². The average Bonchev–Trinajstić information content (AvgIpc) is 2.82. The van der Waals surface area contributed by atoms with E-state index in [1.165, 1.54) is 0 Å². The summed E-state index contributed by atoms with van der Waals surface area (Å²) in [7, 11) is 0. The van der Waals surface area contributed by atoms with Gasteiger partial charge < -0.3 is 10.6 Å². The average molecular weight is 546 g/mol. The van der Waals surface area contributed by atoms with Crippen LogP contribution in [0.4, 0.5) is 22.7 Å². The van der Waals surface area contributed by atoms with Crippen LogP contribution in [0.5, 0.6) is 0 Å². The maximum Gasteiger partial charge on any atom is 0.0871 e. The van der Waals surface area contributed by atoms with E-state index in [0.29, 0.717) is 0 Å². The van der Waals surface area contributed by atoms with E-state index in [0.717, 1.165) is 53.3 Å². The molecule has 156 valence electrons. The lowest BCUT2D eigenvalue weighted by molar-refractivity contribution is 1.49. The van der Waals surface area contributed by atoms with Crippen molar-refractivity contribution in [2.75, 3.05) is 10.6 Å². The largest absolute Gasteiger partial charge is 0.359 e. The topological polar surface area (TPSA) is 48.8 Å². The van der Waals surface area contributed by atoms with Crippen LogP contribution >= 0.6 is 31.9 Å². The smallest absolute Gasteiger partial charge is 0.0871 e. The molecule has 1 aliphatic rings. The first kappa shape index (κ1) is 20.7. The minimum atomic E-state index is 0.813. The van der Waals surface area contributed by atoms with Gasteiger partial charge >= 0.3 is 0 Å². The van der Waals surface area contributed by atoms with E-state index >= 15 is 0 Å². The molecule has 4 aromatic carbocycles. The van der Waals surface area contributed by atoms with Gasteiger partial charge in [0.25, 0.3) is 0 Å². The molecule has 0 atom stereocenters. The minimum Gasteiger partial charge on any atom is -0.359 e. The molecule has 2 N–H and O–H groups in total. The molecule has 1 heterocycles. The van der Waals surface area contributed by atoms with E-state index in [4.69, 9.17) is 9.98 Å². The zero-order chi connectivity index (χ0) is 21.9. The van der Waals surface area contributed by atoms with Crippen molar-refractivity contribution < 1.29 is 0 Å². The molecule has 0 radical (unpaired) electrons. The van der Waals surface area contributed by atoms with E-state index in [1.807, 2.05) is 36.7 Å². The normalized spacial score (nSPS) is 17.2. The van der Waals surface area contributed by atoms with Gasteiger partial charge in [0.1, 0.15) is 0 Å². The van der Waals surface area contributed by atoms with Gasteiger partial charge in [0, 0.05) is 24.8 Å². The Morgan fingerprint density at radius 3 is 1.31 bits per heavy atom. The first-order chi connectivity index (χ1) is 15.7. The number of fused-ring (bicyclic) bond motifs is 4. The Morgan fingerprint density at radius 1 is 0.531 bits per heavy atom. The number of anilines is 2. The lowest BCUT2D eigenvalue weighted by atomic mass is 10.1. The molecule has 0 amide bonds. The van der Waals surface area contributed by atoms with Crippen molar-refractivity contribution in [2.45, 2.75) is 0 Å². The summed E-state index contributed by atoms with van der Waals surface area (Å²) in [5.41, 5.74) is 3.49. The highest BCUT2D eigenvalue weighted by Crippen LogP contribution is 2.33. The highest BCUT2D eigenvalue weighted by molar-refractivity contribution is 9.12. The maximum atomic E-state index is 4.72. The Kier molecular flexibility index (Phi) is 5.88. The molecule has 0 saturated carbocycles. The second-order valence-electron chi connectivity index (χ2n) is 7.30. The van der Waals surface area contributed by atoms with Crippen LogP contribution in [-0.2, 0) is 0 Å². The standard InChI is InChI=1S/C26H18Br2N4/c27-21-13-29-23-9-17-5-1-2-6-18(17)10-24(23)30-14-22(28)16-32-26-12-20-8-4-3-7-19(20)11-25(26)31-15-21/h1-16,29,32H/b21-13+,22-16+,30-14?,31-15?. The summed E-state index contributed by atoms with van der Waals surface area (Å²) in [5.74, 6) is 0. The Labute approximate surface area is 202 Å². The molecular weight excluding hydrogens is 528 g/mol. The van der Waals surface area contributed by atoms with Gasteiger partial charge in [-0.05, 0) is 77.7 Å². The van der Waals surface area contributed by atoms with Gasteiger partial charge in [-0.1, -0.05) is 48.5 Å². The van der Waals surface area contributed by atoms with Crippen LogP contribution in [-0.4, -0.2) is 12.4 Å². The quantitative estimate of drug-likeness (QED) is 0.233. The number of nitrogens with zero attached hydrogens (tertiary/aromatic N) is 2. The summed E-state index contributed by atoms with van der Waals surface area (Å²) in [6.07, 6.45) is 7.32. The lowest BCUT2D eigenvalue weighted by Gasteiger charge is -2.10. The summed E-state index contributed by atoms with van der Waals surface area (Å²) in [5, 5.41) is 11.3. The molecule has 0 aliphatic carbocycles. The molecule has 6 heteroatoms. The third-order valence-electron chi connectivity index (χ3n) is 5.11. The van der Waals surface area contributed by atoms with Crippen molar-refractivity contribution in [2.24, 2.45) is 9.98 Å². The Bertz CT molecular complexity index is 1340. The Hall–Kier alpha value is -3.22. The van der Waals surface area contributed by atoms with Crippen molar-refractivity contribution in [1.29, 1.82) is 0 Å². The monoisotopic (exact) mass is 544 g/mol. The lowest BCUT2D eigenvalue weighted by Crippen LogP contribution is -1.94. The number of allylic oxidation sites excluding steroid dienone is 2. The van der Waals surface area contributed by atoms with Crippen LogP contribution in [0.15, 0.2) is 104 Å². The molecular formula is C26H18Br2N4. The SMILES string of the molecule is Br/C1=C/Nc2cc3ccccc3cc2N=C/C(Br)=C\Nc2cc3ccccc3cc2N=C1. The summed E-state index contributed by atoms with van der Waals surface area (Å²) in [4.78, 5) is 9.43. The summed E-state index contributed by atoms with van der Waals surface area (Å²) in [6.45, 7) is 0. The highest BCUT2D eigenvalue weighted by Gasteiger charge is 2.06. The van der Waals surface area contributed by atoms with E-state index in [2.05, 4.69) is 91.0 Å². The number of hydrogen-bond donors (Lipinski definition) is 2. The Balaban J connectivity index is 1.61. The molecule has 0 unspecified atom stereocenters. The maximum absolute atomic E-state index is 4.72. The van der Waals surface area contributed by atoms with Crippen LogP contribution < -0.4 is 10.6 Å². The van der Waals surface area contributed by atoms with Gasteiger partial charge in [0.05, 0.1) is 31.7 Å². The fourth-order valence-electron chi connectivity index (χ4n) is 3.53. The number of hydrogen-bond acceptors (Lipinski definition) is 4. The first-order valence-corrected chi connectivity index (χ1v) is 11.6. The van der Waals surface area contributed by atoms with E-state index in [-0.39, 0.29) is 0 Å². The summed E-state index contributed by atoms with van der Waals surface area (Å²) < 4.78 is 1.63. The van der Waals surface area contributed by atoms with Crippen molar-refractivity contribution in [3.63, 3.8) is 0 Å². The minimum absolute atomic E-state index is 0.813. The molecule has 0 aromatic heterocycles. The van der Waals surface area contributed by atoms with E-state index in [9.17, 15) is 0 Å². The van der Waals surface area contributed by atoms with Crippen molar-refractivity contribution in [3.8, 4) is 0 Å². The molecule has 0 saturated heterocycles. The molecule has 4 aromatic rings. The van der Waals surface area contributed by atoms with Gasteiger partial charge in [-0.2, -0.15) is 0 Å². The van der Waals surface area contributed by atoms with Gasteiger partial charge in [-0.3, -0.25) is 9.98 Å².